The van der Waals surface area contributed by atoms with Crippen molar-refractivity contribution < 1.29 is 36.0 Å². The van der Waals surface area contributed by atoms with E-state index in [1.54, 1.807) is 35.9 Å². The molecule has 2 aromatic heterocycles. The van der Waals surface area contributed by atoms with Crippen LogP contribution in [0.4, 0.5) is 13.2 Å². The van der Waals surface area contributed by atoms with Gasteiger partial charge in [-0.3, -0.25) is 0 Å². The van der Waals surface area contributed by atoms with Crippen LogP contribution < -0.4 is 5.59 Å². The number of hydrogen-bond acceptors (Lipinski definition) is 6. The van der Waals surface area contributed by atoms with E-state index in [9.17, 15) is 31.5 Å². The van der Waals surface area contributed by atoms with E-state index in [0.717, 1.165) is 23.9 Å². The van der Waals surface area contributed by atoms with Gasteiger partial charge < -0.3 is 9.63 Å². The van der Waals surface area contributed by atoms with Crippen LogP contribution in [-0.4, -0.2) is 52.0 Å². The second-order valence-electron chi connectivity index (χ2n) is 11.1. The first kappa shape index (κ1) is 28.2. The molecular weight excluding hydrogens is 572 g/mol. The summed E-state index contributed by atoms with van der Waals surface area (Å²) >= 11 is 0. The quantitative estimate of drug-likeness (QED) is 0.329. The first-order valence-electron chi connectivity index (χ1n) is 13.4. The third-order valence-corrected chi connectivity index (χ3v) is 9.71. The standard InChI is InChI=1S/C28H26BF3N4O5S/c1-16-8-19-11-20(28(30,31)32)6-7-25(19)42(39,40)35(14-16)15-18-4-3-5-21(10-18)36-26(22(13-33-36)27(37)38)29-12-23(29)24-9-17(2)34-41-24/h3-7,9-11,13,16,23H,8,12,14-15H2,1-2H3,(H,37,38)/t16-,23-/m0/s1. The maximum atomic E-state index is 13.6. The summed E-state index contributed by atoms with van der Waals surface area (Å²) in [5.74, 6) is -0.693. The smallest absolute Gasteiger partial charge is 0.416 e. The maximum Gasteiger partial charge on any atom is 0.416 e. The highest BCUT2D eigenvalue weighted by molar-refractivity contribution is 7.89. The van der Waals surface area contributed by atoms with E-state index in [0.29, 0.717) is 28.9 Å². The molecule has 218 valence electrons. The van der Waals surface area contributed by atoms with Gasteiger partial charge in [0.15, 0.2) is 0 Å². The fourth-order valence-electron chi connectivity index (χ4n) is 5.79. The van der Waals surface area contributed by atoms with Gasteiger partial charge in [-0.25, -0.2) is 17.9 Å². The van der Waals surface area contributed by atoms with E-state index in [2.05, 4.69) is 10.3 Å². The van der Waals surface area contributed by atoms with Crippen molar-refractivity contribution in [3.8, 4) is 5.69 Å². The van der Waals surface area contributed by atoms with Crippen LogP contribution in [0, 0.1) is 12.8 Å². The summed E-state index contributed by atoms with van der Waals surface area (Å²) in [6.07, 6.45) is -2.41. The zero-order valence-electron chi connectivity index (χ0n) is 22.7. The number of nitrogens with zero attached hydrogens (tertiary/aromatic N) is 4. The highest BCUT2D eigenvalue weighted by Crippen LogP contribution is 2.41. The maximum absolute atomic E-state index is 13.6. The predicted molar refractivity (Wildman–Crippen MR) is 147 cm³/mol. The van der Waals surface area contributed by atoms with Gasteiger partial charge in [0.1, 0.15) is 5.76 Å². The number of sulfonamides is 1. The largest absolute Gasteiger partial charge is 0.478 e. The molecule has 14 heteroatoms. The third-order valence-electron chi connectivity index (χ3n) is 7.79. The lowest BCUT2D eigenvalue weighted by atomic mass is 9.61. The molecule has 0 radical (unpaired) electrons. The van der Waals surface area contributed by atoms with Gasteiger partial charge in [0.05, 0.1) is 33.6 Å². The molecule has 0 spiro atoms. The molecule has 2 atom stereocenters. The number of hydrogen-bond donors (Lipinski definition) is 1. The Bertz CT molecular complexity index is 1800. The van der Waals surface area contributed by atoms with E-state index in [1.165, 1.54) is 10.5 Å². The summed E-state index contributed by atoms with van der Waals surface area (Å²) in [4.78, 5) is 11.9. The number of alkyl halides is 3. The molecule has 0 aliphatic carbocycles. The average Bonchev–Trinajstić information content (AvgIpc) is 3.39. The fourth-order valence-corrected chi connectivity index (χ4v) is 7.55. The molecule has 4 aromatic rings. The summed E-state index contributed by atoms with van der Waals surface area (Å²) in [5.41, 5.74) is 1.78. The number of carbonyl (C=O) groups is 1. The molecule has 2 aromatic carbocycles. The molecule has 1 saturated heterocycles. The SMILES string of the molecule is Cc1cc([C@@H]2CB2c2c(C(=O)O)cnn2-c2cccc(CN3C[C@@H](C)Cc4cc(C(F)(F)F)ccc4S3(=O)=O)c2)on1. The lowest BCUT2D eigenvalue weighted by Crippen LogP contribution is -2.33. The molecular formula is C28H26BF3N4O5S. The summed E-state index contributed by atoms with van der Waals surface area (Å²) < 4.78 is 75.5. The third kappa shape index (κ3) is 5.13. The molecule has 6 rings (SSSR count). The van der Waals surface area contributed by atoms with Crippen molar-refractivity contribution in [2.45, 2.75) is 50.0 Å². The fraction of sp³-hybridized carbons (Fsp3) is 0.321. The van der Waals surface area contributed by atoms with Gasteiger partial charge >= 0.3 is 12.1 Å². The predicted octanol–water partition coefficient (Wildman–Crippen LogP) is 4.31. The Kier molecular flexibility index (Phi) is 6.80. The van der Waals surface area contributed by atoms with E-state index >= 15 is 0 Å². The number of aryl methyl sites for hydroxylation is 1. The van der Waals surface area contributed by atoms with Crippen LogP contribution in [0.2, 0.25) is 6.32 Å². The Morgan fingerprint density at radius 2 is 1.98 bits per heavy atom. The van der Waals surface area contributed by atoms with Gasteiger partial charge in [-0.2, -0.15) is 22.6 Å². The first-order valence-corrected chi connectivity index (χ1v) is 14.8. The monoisotopic (exact) mass is 598 g/mol. The average molecular weight is 598 g/mol. The summed E-state index contributed by atoms with van der Waals surface area (Å²) in [5, 5.41) is 18.2. The second kappa shape index (κ2) is 10.1. The normalized spacial score (nSPS) is 20.3. The summed E-state index contributed by atoms with van der Waals surface area (Å²) in [6.45, 7) is 3.57. The number of benzene rings is 2. The van der Waals surface area contributed by atoms with Crippen LogP contribution >= 0.6 is 0 Å². The zero-order valence-corrected chi connectivity index (χ0v) is 23.5. The Balaban J connectivity index is 1.32. The molecule has 0 unspecified atom stereocenters. The van der Waals surface area contributed by atoms with Gasteiger partial charge in [0, 0.05) is 24.7 Å². The van der Waals surface area contributed by atoms with Crippen LogP contribution in [-0.2, 0) is 29.2 Å². The van der Waals surface area contributed by atoms with E-state index in [1.807, 2.05) is 13.0 Å². The molecule has 42 heavy (non-hydrogen) atoms. The van der Waals surface area contributed by atoms with Gasteiger partial charge in [0.2, 0.25) is 16.7 Å². The number of aromatic nitrogens is 3. The Morgan fingerprint density at radius 3 is 2.67 bits per heavy atom. The highest BCUT2D eigenvalue weighted by Gasteiger charge is 2.50. The minimum Gasteiger partial charge on any atom is -0.478 e. The number of carboxylic acids is 1. The van der Waals surface area contributed by atoms with Crippen molar-refractivity contribution in [3.63, 3.8) is 0 Å². The van der Waals surface area contributed by atoms with Crippen molar-refractivity contribution >= 4 is 28.3 Å². The molecule has 2 aliphatic rings. The van der Waals surface area contributed by atoms with Crippen molar-refractivity contribution in [1.82, 2.24) is 19.2 Å². The molecule has 0 bridgehead atoms. The molecule has 9 nitrogen and oxygen atoms in total. The number of aromatic carboxylic acids is 1. The molecule has 0 saturated carbocycles. The molecule has 0 amide bonds. The minimum absolute atomic E-state index is 0.0211. The summed E-state index contributed by atoms with van der Waals surface area (Å²) in [7, 11) is -4.10. The molecule has 1 fully saturated rings. The topological polar surface area (TPSA) is 119 Å². The van der Waals surface area contributed by atoms with Crippen molar-refractivity contribution in [2.75, 3.05) is 6.54 Å². The van der Waals surface area contributed by atoms with Crippen molar-refractivity contribution in [2.24, 2.45) is 5.92 Å². The number of carboxylic acid groups (broad SMARTS) is 1. The van der Waals surface area contributed by atoms with Gasteiger partial charge in [-0.15, -0.1) is 0 Å². The van der Waals surface area contributed by atoms with Crippen LogP contribution in [0.5, 0.6) is 0 Å². The van der Waals surface area contributed by atoms with Crippen molar-refractivity contribution in [3.05, 3.63) is 88.4 Å². The van der Waals surface area contributed by atoms with Gasteiger partial charge in [-0.1, -0.05) is 30.5 Å². The molecule has 4 heterocycles. The van der Waals surface area contributed by atoms with E-state index in [-0.39, 0.29) is 54.0 Å². The Hall–Kier alpha value is -3.91. The Morgan fingerprint density at radius 1 is 1.19 bits per heavy atom. The summed E-state index contributed by atoms with van der Waals surface area (Å²) in [6, 6.07) is 11.6. The molecule has 1 N–H and O–H groups in total. The minimum atomic E-state index is -4.57. The lowest BCUT2D eigenvalue weighted by molar-refractivity contribution is -0.137. The van der Waals surface area contributed by atoms with Gasteiger partial charge in [-0.05, 0) is 66.5 Å². The Labute approximate surface area is 240 Å². The second-order valence-corrected chi connectivity index (χ2v) is 13.0. The van der Waals surface area contributed by atoms with Crippen LogP contribution in [0.15, 0.2) is 64.1 Å². The van der Waals surface area contributed by atoms with Crippen LogP contribution in [0.3, 0.4) is 0 Å². The number of fused-ring (bicyclic) bond motifs is 1. The van der Waals surface area contributed by atoms with Crippen molar-refractivity contribution in [1.29, 1.82) is 0 Å². The number of halogens is 3. The van der Waals surface area contributed by atoms with E-state index in [4.69, 9.17) is 4.52 Å². The molecule has 2 aliphatic heterocycles. The van der Waals surface area contributed by atoms with E-state index < -0.39 is 27.7 Å². The highest BCUT2D eigenvalue weighted by atomic mass is 32.2. The lowest BCUT2D eigenvalue weighted by Gasteiger charge is -2.23. The first-order chi connectivity index (χ1) is 19.8. The van der Waals surface area contributed by atoms with Gasteiger partial charge in [0.25, 0.3) is 0 Å². The zero-order chi connectivity index (χ0) is 30.0. The van der Waals surface area contributed by atoms with Crippen LogP contribution in [0.25, 0.3) is 5.69 Å². The van der Waals surface area contributed by atoms with Crippen LogP contribution in [0.1, 0.15) is 51.2 Å². The number of rotatable bonds is 6.